The summed E-state index contributed by atoms with van der Waals surface area (Å²) < 4.78 is 23.1. The zero-order chi connectivity index (χ0) is 15.4. The number of aromatic nitrogens is 2. The molecular formula is C14H11FN4O3. The number of benzene rings is 1. The van der Waals surface area contributed by atoms with Gasteiger partial charge in [0.2, 0.25) is 0 Å². The van der Waals surface area contributed by atoms with Crippen molar-refractivity contribution in [1.29, 1.82) is 0 Å². The van der Waals surface area contributed by atoms with Gasteiger partial charge >= 0.3 is 12.0 Å². The van der Waals surface area contributed by atoms with Gasteiger partial charge in [0.25, 0.3) is 5.89 Å². The summed E-state index contributed by atoms with van der Waals surface area (Å²) in [4.78, 5) is 11.7. The van der Waals surface area contributed by atoms with Crippen LogP contribution in [-0.2, 0) is 6.54 Å². The maximum Gasteiger partial charge on any atom is 0.324 e. The number of hydrogen-bond acceptors (Lipinski definition) is 5. The van der Waals surface area contributed by atoms with Crippen molar-refractivity contribution in [1.82, 2.24) is 15.5 Å². The average molecular weight is 302 g/mol. The van der Waals surface area contributed by atoms with Crippen LogP contribution >= 0.6 is 0 Å². The van der Waals surface area contributed by atoms with Crippen LogP contribution in [0.3, 0.4) is 0 Å². The Kier molecular flexibility index (Phi) is 3.82. The highest BCUT2D eigenvalue weighted by Crippen LogP contribution is 2.19. The maximum absolute atomic E-state index is 12.8. The molecule has 2 aromatic heterocycles. The van der Waals surface area contributed by atoms with E-state index in [1.54, 1.807) is 24.3 Å². The molecule has 112 valence electrons. The molecule has 3 rings (SSSR count). The van der Waals surface area contributed by atoms with Gasteiger partial charge in [0.05, 0.1) is 6.26 Å². The van der Waals surface area contributed by atoms with E-state index in [0.717, 1.165) is 5.56 Å². The minimum absolute atomic E-state index is 0.0528. The molecule has 2 heterocycles. The first-order valence-electron chi connectivity index (χ1n) is 6.37. The Hall–Kier alpha value is -3.16. The van der Waals surface area contributed by atoms with Gasteiger partial charge in [0.15, 0.2) is 5.76 Å². The van der Waals surface area contributed by atoms with Gasteiger partial charge in [-0.3, -0.25) is 5.32 Å². The average Bonchev–Trinajstić information content (AvgIpc) is 3.17. The van der Waals surface area contributed by atoms with Crippen LogP contribution in [0.1, 0.15) is 5.56 Å². The third kappa shape index (κ3) is 3.29. The first-order chi connectivity index (χ1) is 10.7. The number of anilines is 1. The lowest BCUT2D eigenvalue weighted by Gasteiger charge is -2.04. The fourth-order valence-corrected chi connectivity index (χ4v) is 1.70. The molecule has 0 fully saturated rings. The molecule has 0 aliphatic rings. The van der Waals surface area contributed by atoms with Crippen molar-refractivity contribution in [3.8, 4) is 11.7 Å². The highest BCUT2D eigenvalue weighted by Gasteiger charge is 2.12. The highest BCUT2D eigenvalue weighted by molar-refractivity contribution is 5.86. The van der Waals surface area contributed by atoms with E-state index in [4.69, 9.17) is 8.83 Å². The van der Waals surface area contributed by atoms with Gasteiger partial charge in [0, 0.05) is 6.54 Å². The summed E-state index contributed by atoms with van der Waals surface area (Å²) in [5.74, 6) is 0.246. The van der Waals surface area contributed by atoms with Crippen LogP contribution in [0, 0.1) is 5.82 Å². The van der Waals surface area contributed by atoms with Crippen molar-refractivity contribution in [3.05, 3.63) is 54.0 Å². The second-order valence-electron chi connectivity index (χ2n) is 4.32. The summed E-state index contributed by atoms with van der Waals surface area (Å²) in [7, 11) is 0. The Morgan fingerprint density at radius 3 is 2.73 bits per heavy atom. The van der Waals surface area contributed by atoms with Crippen LogP contribution < -0.4 is 10.6 Å². The molecule has 0 aliphatic carbocycles. The summed E-state index contributed by atoms with van der Waals surface area (Å²) in [6, 6.07) is 8.58. The number of nitrogens with one attached hydrogen (secondary N) is 2. The summed E-state index contributed by atoms with van der Waals surface area (Å²) in [6.07, 6.45) is 1.47. The molecule has 0 spiro atoms. The third-order valence-corrected chi connectivity index (χ3v) is 2.74. The Labute approximate surface area is 124 Å². The molecule has 0 aliphatic heterocycles. The smallest absolute Gasteiger partial charge is 0.324 e. The van der Waals surface area contributed by atoms with Crippen LogP contribution in [0.15, 0.2) is 51.5 Å². The fraction of sp³-hybridized carbons (Fsp3) is 0.0714. The van der Waals surface area contributed by atoms with Crippen LogP contribution in [0.4, 0.5) is 15.2 Å². The topological polar surface area (TPSA) is 93.2 Å². The number of hydrogen-bond donors (Lipinski definition) is 2. The van der Waals surface area contributed by atoms with Crippen molar-refractivity contribution in [2.24, 2.45) is 0 Å². The van der Waals surface area contributed by atoms with Gasteiger partial charge in [-0.05, 0) is 29.8 Å². The lowest BCUT2D eigenvalue weighted by molar-refractivity contribution is 0.251. The Morgan fingerprint density at radius 1 is 1.18 bits per heavy atom. The van der Waals surface area contributed by atoms with E-state index in [0.29, 0.717) is 5.76 Å². The summed E-state index contributed by atoms with van der Waals surface area (Å²) in [5, 5.41) is 12.4. The predicted octanol–water partition coefficient (Wildman–Crippen LogP) is 2.79. The standard InChI is InChI=1S/C14H11FN4O3/c15-10-5-3-9(4-6-10)8-16-13(20)17-14-19-18-12(22-14)11-2-1-7-21-11/h1-7H,8H2,(H2,16,17,19,20). The molecular weight excluding hydrogens is 291 g/mol. The Balaban J connectivity index is 1.54. The normalized spacial score (nSPS) is 10.4. The molecule has 1 aromatic carbocycles. The van der Waals surface area contributed by atoms with Crippen molar-refractivity contribution in [2.45, 2.75) is 6.54 Å². The molecule has 2 amide bonds. The number of carbonyl (C=O) groups is 1. The zero-order valence-electron chi connectivity index (χ0n) is 11.2. The second-order valence-corrected chi connectivity index (χ2v) is 4.32. The van der Waals surface area contributed by atoms with Gasteiger partial charge in [0.1, 0.15) is 5.82 Å². The maximum atomic E-state index is 12.8. The summed E-state index contributed by atoms with van der Waals surface area (Å²) in [5.41, 5.74) is 0.762. The van der Waals surface area contributed by atoms with E-state index >= 15 is 0 Å². The minimum atomic E-state index is -0.515. The molecule has 22 heavy (non-hydrogen) atoms. The van der Waals surface area contributed by atoms with Crippen LogP contribution in [0.5, 0.6) is 0 Å². The van der Waals surface area contributed by atoms with E-state index in [1.807, 2.05) is 0 Å². The van der Waals surface area contributed by atoms with Gasteiger partial charge in [-0.2, -0.15) is 0 Å². The van der Waals surface area contributed by atoms with E-state index in [-0.39, 0.29) is 24.3 Å². The number of carbonyl (C=O) groups excluding carboxylic acids is 1. The predicted molar refractivity (Wildman–Crippen MR) is 74.3 cm³/mol. The molecule has 8 heteroatoms. The van der Waals surface area contributed by atoms with Crippen LogP contribution in [0.2, 0.25) is 0 Å². The second kappa shape index (κ2) is 6.08. The van der Waals surface area contributed by atoms with E-state index < -0.39 is 6.03 Å². The quantitative estimate of drug-likeness (QED) is 0.773. The van der Waals surface area contributed by atoms with Crippen LogP contribution in [-0.4, -0.2) is 16.2 Å². The third-order valence-electron chi connectivity index (χ3n) is 2.74. The highest BCUT2D eigenvalue weighted by atomic mass is 19.1. The molecule has 0 saturated carbocycles. The molecule has 0 saturated heterocycles. The van der Waals surface area contributed by atoms with Crippen molar-refractivity contribution >= 4 is 12.0 Å². The molecule has 3 aromatic rings. The van der Waals surface area contributed by atoms with E-state index in [1.165, 1.54) is 18.4 Å². The number of halogens is 1. The molecule has 0 radical (unpaired) electrons. The van der Waals surface area contributed by atoms with Crippen molar-refractivity contribution < 1.29 is 18.0 Å². The Morgan fingerprint density at radius 2 is 2.00 bits per heavy atom. The molecule has 0 unspecified atom stereocenters. The summed E-state index contributed by atoms with van der Waals surface area (Å²) in [6.45, 7) is 0.241. The monoisotopic (exact) mass is 302 g/mol. The zero-order valence-corrected chi connectivity index (χ0v) is 11.2. The van der Waals surface area contributed by atoms with Crippen molar-refractivity contribution in [3.63, 3.8) is 0 Å². The fourth-order valence-electron chi connectivity index (χ4n) is 1.70. The van der Waals surface area contributed by atoms with E-state index in [9.17, 15) is 9.18 Å². The first kappa shape index (κ1) is 13.8. The van der Waals surface area contributed by atoms with Gasteiger partial charge in [-0.25, -0.2) is 9.18 Å². The molecule has 7 nitrogen and oxygen atoms in total. The minimum Gasteiger partial charge on any atom is -0.459 e. The molecule has 2 N–H and O–H groups in total. The SMILES string of the molecule is O=C(NCc1ccc(F)cc1)Nc1nnc(-c2ccco2)o1. The lowest BCUT2D eigenvalue weighted by Crippen LogP contribution is -2.28. The van der Waals surface area contributed by atoms with Crippen LogP contribution in [0.25, 0.3) is 11.7 Å². The van der Waals surface area contributed by atoms with Gasteiger partial charge in [-0.1, -0.05) is 17.2 Å². The largest absolute Gasteiger partial charge is 0.459 e. The summed E-state index contributed by atoms with van der Waals surface area (Å²) >= 11 is 0. The van der Waals surface area contributed by atoms with Gasteiger partial charge < -0.3 is 14.2 Å². The number of rotatable bonds is 4. The molecule has 0 atom stereocenters. The number of amides is 2. The first-order valence-corrected chi connectivity index (χ1v) is 6.37. The Bertz CT molecular complexity index is 753. The number of nitrogens with zero attached hydrogens (tertiary/aromatic N) is 2. The molecule has 0 bridgehead atoms. The van der Waals surface area contributed by atoms with Crippen molar-refractivity contribution in [2.75, 3.05) is 5.32 Å². The lowest BCUT2D eigenvalue weighted by atomic mass is 10.2. The van der Waals surface area contributed by atoms with E-state index in [2.05, 4.69) is 20.8 Å². The number of urea groups is 1. The van der Waals surface area contributed by atoms with Gasteiger partial charge in [-0.15, -0.1) is 5.10 Å². The number of furan rings is 1.